The van der Waals surface area contributed by atoms with Gasteiger partial charge in [0.05, 0.1) is 0 Å². The van der Waals surface area contributed by atoms with Crippen molar-refractivity contribution in [2.24, 2.45) is 0 Å². The highest BCUT2D eigenvalue weighted by atomic mass is 16.6. The van der Waals surface area contributed by atoms with E-state index in [1.807, 2.05) is 0 Å². The summed E-state index contributed by atoms with van der Waals surface area (Å²) in [6, 6.07) is 0. The van der Waals surface area contributed by atoms with Gasteiger partial charge in [0.2, 0.25) is 0 Å². The fourth-order valence-electron chi connectivity index (χ4n) is 0.358. The topological polar surface area (TPSA) is 138 Å². The van der Waals surface area contributed by atoms with E-state index in [9.17, 15) is 19.2 Å². The minimum absolute atomic E-state index is 0.525. The zero-order valence-corrected chi connectivity index (χ0v) is 9.40. The molecule has 0 aromatic heterocycles. The number of ether oxygens (including phenoxy) is 1. The number of carboxylic acids is 2. The van der Waals surface area contributed by atoms with E-state index in [1.54, 1.807) is 0 Å². The Morgan fingerprint density at radius 1 is 1.11 bits per heavy atom. The fraction of sp³-hybridized carbons (Fsp3) is 0.200. The number of aliphatic hydroxyl groups excluding tert-OH is 1. The van der Waals surface area contributed by atoms with Gasteiger partial charge in [0.15, 0.2) is 0 Å². The quantitative estimate of drug-likeness (QED) is 0.344. The number of aliphatic carboxylic acids is 2. The molecule has 0 fully saturated rings. The van der Waals surface area contributed by atoms with Crippen molar-refractivity contribution in [1.29, 1.82) is 0 Å². The molecule has 100 valence electrons. The van der Waals surface area contributed by atoms with Gasteiger partial charge in [-0.25, -0.2) is 19.2 Å². The molecule has 0 aliphatic carbocycles. The molecule has 18 heavy (non-hydrogen) atoms. The van der Waals surface area contributed by atoms with Crippen LogP contribution in [0.1, 0.15) is 6.92 Å². The molecule has 0 aliphatic rings. The second kappa shape index (κ2) is 9.73. The van der Waals surface area contributed by atoms with Crippen LogP contribution in [0.2, 0.25) is 0 Å². The zero-order valence-electron chi connectivity index (χ0n) is 9.40. The molecule has 8 heteroatoms. The number of rotatable bonds is 4. The van der Waals surface area contributed by atoms with Gasteiger partial charge in [-0.15, -0.1) is 0 Å². The molecule has 0 aliphatic heterocycles. The van der Waals surface area contributed by atoms with Crippen LogP contribution in [0.3, 0.4) is 0 Å². The maximum absolute atomic E-state index is 10.6. The van der Waals surface area contributed by atoms with E-state index in [4.69, 9.17) is 15.3 Å². The monoisotopic (exact) mass is 260 g/mol. The third-order valence-electron chi connectivity index (χ3n) is 1.08. The van der Waals surface area contributed by atoms with Crippen LogP contribution in [0, 0.1) is 0 Å². The average molecular weight is 260 g/mol. The van der Waals surface area contributed by atoms with E-state index >= 15 is 0 Å². The van der Waals surface area contributed by atoms with Gasteiger partial charge in [0.25, 0.3) is 0 Å². The fourth-order valence-corrected chi connectivity index (χ4v) is 0.358. The molecule has 0 amide bonds. The highest BCUT2D eigenvalue weighted by Gasteiger charge is 2.13. The highest BCUT2D eigenvalue weighted by Crippen LogP contribution is 1.89. The molecule has 0 heterocycles. The summed E-state index contributed by atoms with van der Waals surface area (Å²) < 4.78 is 3.98. The molecule has 0 bridgehead atoms. The first-order valence-corrected chi connectivity index (χ1v) is 4.40. The summed E-state index contributed by atoms with van der Waals surface area (Å²) in [5.41, 5.74) is 0. The second-order valence-corrected chi connectivity index (χ2v) is 2.63. The van der Waals surface area contributed by atoms with Gasteiger partial charge in [-0.2, -0.15) is 0 Å². The first-order chi connectivity index (χ1) is 8.20. The van der Waals surface area contributed by atoms with Gasteiger partial charge in [0, 0.05) is 18.2 Å². The number of aliphatic hydroxyl groups is 1. The Hall–Kier alpha value is -2.48. The van der Waals surface area contributed by atoms with Crippen molar-refractivity contribution in [2.45, 2.75) is 13.0 Å². The van der Waals surface area contributed by atoms with Crippen LogP contribution >= 0.6 is 0 Å². The van der Waals surface area contributed by atoms with Crippen LogP contribution in [0.15, 0.2) is 24.8 Å². The Morgan fingerprint density at radius 3 is 1.83 bits per heavy atom. The molecule has 0 saturated heterocycles. The summed E-state index contributed by atoms with van der Waals surface area (Å²) in [5.74, 6) is -4.57. The van der Waals surface area contributed by atoms with Gasteiger partial charge in [0.1, 0.15) is 6.10 Å². The van der Waals surface area contributed by atoms with Crippen molar-refractivity contribution < 1.29 is 39.2 Å². The van der Waals surface area contributed by atoms with E-state index < -0.39 is 30.0 Å². The van der Waals surface area contributed by atoms with Crippen LogP contribution in [0.25, 0.3) is 0 Å². The van der Waals surface area contributed by atoms with Crippen molar-refractivity contribution in [2.75, 3.05) is 0 Å². The van der Waals surface area contributed by atoms with Crippen LogP contribution in [0.5, 0.6) is 0 Å². The van der Waals surface area contributed by atoms with Crippen molar-refractivity contribution in [1.82, 2.24) is 0 Å². The maximum Gasteiger partial charge on any atom is 0.342 e. The lowest BCUT2D eigenvalue weighted by molar-refractivity contribution is -0.162. The van der Waals surface area contributed by atoms with Crippen molar-refractivity contribution in [3.63, 3.8) is 0 Å². The van der Waals surface area contributed by atoms with Gasteiger partial charge in [-0.05, 0) is 6.92 Å². The first kappa shape index (κ1) is 17.9. The van der Waals surface area contributed by atoms with Crippen LogP contribution < -0.4 is 0 Å². The Bertz CT molecular complexity index is 366. The van der Waals surface area contributed by atoms with Gasteiger partial charge in [-0.1, -0.05) is 6.58 Å². The van der Waals surface area contributed by atoms with Gasteiger partial charge >= 0.3 is 23.9 Å². The number of carbonyl (C=O) groups is 4. The standard InChI is InChI=1S/C7H8O6.C3H4O2/c1-4(8)7(12)13-6(11)3-2-5(9)10;1-2-3(4)5/h2-4,8H,1H3,(H,9,10);2H,1H2,(H,4,5)/b3-2-;. The first-order valence-electron chi connectivity index (χ1n) is 4.40. The van der Waals surface area contributed by atoms with Crippen molar-refractivity contribution >= 4 is 23.9 Å². The second-order valence-electron chi connectivity index (χ2n) is 2.63. The largest absolute Gasteiger partial charge is 0.478 e. The molecule has 0 aromatic rings. The lowest BCUT2D eigenvalue weighted by Gasteiger charge is -2.00. The minimum atomic E-state index is -1.41. The molecule has 0 spiro atoms. The van der Waals surface area contributed by atoms with Crippen LogP contribution in [-0.2, 0) is 23.9 Å². The summed E-state index contributed by atoms with van der Waals surface area (Å²) in [7, 11) is 0. The summed E-state index contributed by atoms with van der Waals surface area (Å²) in [6.07, 6.45) is 0.516. The predicted molar refractivity (Wildman–Crippen MR) is 57.4 cm³/mol. The third-order valence-corrected chi connectivity index (χ3v) is 1.08. The predicted octanol–water partition coefficient (Wildman–Crippen LogP) is -0.665. The normalized spacial score (nSPS) is 10.8. The third kappa shape index (κ3) is 13.5. The SMILES string of the molecule is C=CC(=O)O.CC(O)C(=O)OC(=O)/C=C\C(=O)O. The van der Waals surface area contributed by atoms with Crippen molar-refractivity contribution in [3.05, 3.63) is 24.8 Å². The molecular weight excluding hydrogens is 248 g/mol. The van der Waals surface area contributed by atoms with E-state index in [0.717, 1.165) is 13.0 Å². The summed E-state index contributed by atoms with van der Waals surface area (Å²) in [5, 5.41) is 24.3. The Labute approximate surface area is 102 Å². The summed E-state index contributed by atoms with van der Waals surface area (Å²) in [6.45, 7) is 4.08. The Kier molecular flexibility index (Phi) is 9.67. The molecule has 1 atom stereocenters. The maximum atomic E-state index is 10.6. The van der Waals surface area contributed by atoms with Gasteiger partial charge in [-0.3, -0.25) is 0 Å². The molecular formula is C10H12O8. The number of carbonyl (C=O) groups excluding carboxylic acids is 2. The minimum Gasteiger partial charge on any atom is -0.478 e. The molecule has 0 radical (unpaired) electrons. The average Bonchev–Trinajstić information content (AvgIpc) is 2.26. The number of hydrogen-bond acceptors (Lipinski definition) is 6. The zero-order chi connectivity index (χ0) is 14.7. The molecule has 1 unspecified atom stereocenters. The number of hydrogen-bond donors (Lipinski definition) is 3. The highest BCUT2D eigenvalue weighted by molar-refractivity contribution is 5.96. The van der Waals surface area contributed by atoms with Crippen molar-refractivity contribution in [3.8, 4) is 0 Å². The van der Waals surface area contributed by atoms with E-state index in [0.29, 0.717) is 12.2 Å². The summed E-state index contributed by atoms with van der Waals surface area (Å²) in [4.78, 5) is 40.2. The van der Waals surface area contributed by atoms with Gasteiger partial charge < -0.3 is 20.1 Å². The van der Waals surface area contributed by atoms with E-state index in [1.165, 1.54) is 0 Å². The summed E-state index contributed by atoms with van der Waals surface area (Å²) >= 11 is 0. The molecule has 8 nitrogen and oxygen atoms in total. The Balaban J connectivity index is 0. The lowest BCUT2D eigenvalue weighted by atomic mass is 10.4. The lowest BCUT2D eigenvalue weighted by Crippen LogP contribution is -2.21. The molecule has 3 N–H and O–H groups in total. The number of carboxylic acid groups (broad SMARTS) is 2. The van der Waals surface area contributed by atoms with Crippen LogP contribution in [-0.4, -0.2) is 45.3 Å². The van der Waals surface area contributed by atoms with E-state index in [2.05, 4.69) is 11.3 Å². The van der Waals surface area contributed by atoms with Crippen LogP contribution in [0.4, 0.5) is 0 Å². The molecule has 0 rings (SSSR count). The Morgan fingerprint density at radius 2 is 1.56 bits per heavy atom. The molecule has 0 aromatic carbocycles. The number of esters is 2. The molecule has 0 saturated carbocycles. The smallest absolute Gasteiger partial charge is 0.342 e. The van der Waals surface area contributed by atoms with E-state index in [-0.39, 0.29) is 0 Å².